The second-order valence-electron chi connectivity index (χ2n) is 4.37. The van der Waals surface area contributed by atoms with Crippen molar-refractivity contribution < 1.29 is 14.4 Å². The van der Waals surface area contributed by atoms with Crippen molar-refractivity contribution in [2.24, 2.45) is 0 Å². The number of carboxylic acids is 1. The maximum atomic E-state index is 11.0. The highest BCUT2D eigenvalue weighted by Gasteiger charge is 2.26. The molecule has 2 rings (SSSR count). The molecule has 1 aliphatic rings. The number of rotatable bonds is 3. The van der Waals surface area contributed by atoms with E-state index in [0.717, 1.165) is 24.2 Å². The van der Waals surface area contributed by atoms with Crippen LogP contribution in [0.2, 0.25) is 0 Å². The smallest absolute Gasteiger partial charge is 0.358 e. The Bertz CT molecular complexity index is 378. The van der Waals surface area contributed by atoms with Crippen molar-refractivity contribution in [3.8, 4) is 0 Å². The summed E-state index contributed by atoms with van der Waals surface area (Å²) in [4.78, 5) is 11.0. The number of carbonyl (C=O) groups is 1. The van der Waals surface area contributed by atoms with E-state index in [2.05, 4.69) is 5.16 Å². The zero-order valence-electron chi connectivity index (χ0n) is 9.53. The molecule has 0 atom stereocenters. The third kappa shape index (κ3) is 1.96. The van der Waals surface area contributed by atoms with E-state index in [1.165, 1.54) is 19.3 Å². The van der Waals surface area contributed by atoms with Crippen molar-refractivity contribution in [1.29, 1.82) is 0 Å². The van der Waals surface area contributed by atoms with Crippen LogP contribution in [0, 0.1) is 0 Å². The van der Waals surface area contributed by atoms with E-state index >= 15 is 0 Å². The van der Waals surface area contributed by atoms with E-state index in [4.69, 9.17) is 9.63 Å². The second kappa shape index (κ2) is 4.68. The highest BCUT2D eigenvalue weighted by molar-refractivity contribution is 5.87. The van der Waals surface area contributed by atoms with Crippen molar-refractivity contribution in [3.63, 3.8) is 0 Å². The Morgan fingerprint density at radius 3 is 2.69 bits per heavy atom. The summed E-state index contributed by atoms with van der Waals surface area (Å²) in [6.45, 7) is 1.95. The van der Waals surface area contributed by atoms with Crippen molar-refractivity contribution in [1.82, 2.24) is 5.16 Å². The van der Waals surface area contributed by atoms with Gasteiger partial charge in [0.05, 0.1) is 0 Å². The molecule has 1 aromatic heterocycles. The molecule has 16 heavy (non-hydrogen) atoms. The summed E-state index contributed by atoms with van der Waals surface area (Å²) in [5.41, 5.74) is 0.891. The van der Waals surface area contributed by atoms with Crippen molar-refractivity contribution in [2.45, 2.75) is 51.4 Å². The quantitative estimate of drug-likeness (QED) is 0.855. The molecule has 1 aliphatic carbocycles. The predicted molar refractivity (Wildman–Crippen MR) is 58.7 cm³/mol. The van der Waals surface area contributed by atoms with Gasteiger partial charge < -0.3 is 9.63 Å². The van der Waals surface area contributed by atoms with Crippen LogP contribution >= 0.6 is 0 Å². The van der Waals surface area contributed by atoms with Crippen LogP contribution < -0.4 is 0 Å². The van der Waals surface area contributed by atoms with Crippen LogP contribution in [0.15, 0.2) is 4.52 Å². The van der Waals surface area contributed by atoms with Crippen LogP contribution in [0.3, 0.4) is 0 Å². The minimum Gasteiger partial charge on any atom is -0.476 e. The Morgan fingerprint density at radius 2 is 2.12 bits per heavy atom. The fourth-order valence-electron chi connectivity index (χ4n) is 2.52. The number of nitrogens with zero attached hydrogens (tertiary/aromatic N) is 1. The lowest BCUT2D eigenvalue weighted by Crippen LogP contribution is -2.07. The molecule has 0 aromatic carbocycles. The normalized spacial score (nSPS) is 17.6. The number of hydrogen-bond donors (Lipinski definition) is 1. The second-order valence-corrected chi connectivity index (χ2v) is 4.37. The molecule has 1 heterocycles. The summed E-state index contributed by atoms with van der Waals surface area (Å²) in [6, 6.07) is 0. The molecular formula is C12H17NO3. The zero-order chi connectivity index (χ0) is 11.5. The highest BCUT2D eigenvalue weighted by Crippen LogP contribution is 2.35. The average Bonchev–Trinajstić information content (AvgIpc) is 2.73. The van der Waals surface area contributed by atoms with Gasteiger partial charge in [0.1, 0.15) is 5.76 Å². The Morgan fingerprint density at radius 1 is 1.44 bits per heavy atom. The lowest BCUT2D eigenvalue weighted by molar-refractivity contribution is 0.0684. The Balaban J connectivity index is 2.29. The maximum absolute atomic E-state index is 11.0. The fraction of sp³-hybridized carbons (Fsp3) is 0.667. The van der Waals surface area contributed by atoms with E-state index in [0.29, 0.717) is 12.3 Å². The molecule has 1 N–H and O–H groups in total. The maximum Gasteiger partial charge on any atom is 0.358 e. The number of aromatic nitrogens is 1. The molecular weight excluding hydrogens is 206 g/mol. The number of hydrogen-bond acceptors (Lipinski definition) is 3. The van der Waals surface area contributed by atoms with E-state index in [-0.39, 0.29) is 5.69 Å². The van der Waals surface area contributed by atoms with Crippen LogP contribution in [0.4, 0.5) is 0 Å². The molecule has 0 bridgehead atoms. The van der Waals surface area contributed by atoms with Crippen LogP contribution in [0.25, 0.3) is 0 Å². The van der Waals surface area contributed by atoms with Crippen LogP contribution in [0.1, 0.15) is 66.8 Å². The summed E-state index contributed by atoms with van der Waals surface area (Å²) in [7, 11) is 0. The van der Waals surface area contributed by atoms with Crippen LogP contribution in [-0.2, 0) is 6.42 Å². The van der Waals surface area contributed by atoms with E-state index in [9.17, 15) is 4.79 Å². The first-order valence-corrected chi connectivity index (χ1v) is 5.95. The molecule has 0 aliphatic heterocycles. The van der Waals surface area contributed by atoms with Gasteiger partial charge >= 0.3 is 5.97 Å². The Labute approximate surface area is 94.6 Å². The van der Waals surface area contributed by atoms with E-state index in [1.54, 1.807) is 0 Å². The number of carboxylic acid groups (broad SMARTS) is 1. The molecule has 4 heteroatoms. The third-order valence-electron chi connectivity index (χ3n) is 3.35. The van der Waals surface area contributed by atoms with Gasteiger partial charge in [-0.25, -0.2) is 4.79 Å². The average molecular weight is 223 g/mol. The highest BCUT2D eigenvalue weighted by atomic mass is 16.5. The predicted octanol–water partition coefficient (Wildman–Crippen LogP) is 2.98. The first-order valence-electron chi connectivity index (χ1n) is 5.95. The summed E-state index contributed by atoms with van der Waals surface area (Å²) in [5.74, 6) is 0.214. The van der Waals surface area contributed by atoms with Gasteiger partial charge in [-0.15, -0.1) is 0 Å². The molecule has 1 fully saturated rings. The van der Waals surface area contributed by atoms with Crippen LogP contribution in [0.5, 0.6) is 0 Å². The molecule has 4 nitrogen and oxygen atoms in total. The molecule has 0 amide bonds. The molecule has 88 valence electrons. The summed E-state index contributed by atoms with van der Waals surface area (Å²) >= 11 is 0. The van der Waals surface area contributed by atoms with Gasteiger partial charge in [0, 0.05) is 11.5 Å². The summed E-state index contributed by atoms with van der Waals surface area (Å²) < 4.78 is 5.26. The molecule has 0 unspecified atom stereocenters. The summed E-state index contributed by atoms with van der Waals surface area (Å²) in [5, 5.41) is 12.7. The first-order chi connectivity index (χ1) is 7.74. The SMILES string of the molecule is CCc1c(C(=O)O)noc1C1CCCCC1. The fourth-order valence-corrected chi connectivity index (χ4v) is 2.52. The summed E-state index contributed by atoms with van der Waals surface area (Å²) in [6.07, 6.45) is 6.56. The van der Waals surface area contributed by atoms with E-state index < -0.39 is 5.97 Å². The zero-order valence-corrected chi connectivity index (χ0v) is 9.53. The van der Waals surface area contributed by atoms with E-state index in [1.807, 2.05) is 6.92 Å². The van der Waals surface area contributed by atoms with Gasteiger partial charge in [-0.05, 0) is 19.3 Å². The van der Waals surface area contributed by atoms with Gasteiger partial charge in [-0.3, -0.25) is 0 Å². The molecule has 1 saturated carbocycles. The standard InChI is InChI=1S/C12H17NO3/c1-2-9-10(12(14)15)13-16-11(9)8-6-4-3-5-7-8/h8H,2-7H2,1H3,(H,14,15). The lowest BCUT2D eigenvalue weighted by Gasteiger charge is -2.19. The molecule has 0 radical (unpaired) electrons. The largest absolute Gasteiger partial charge is 0.476 e. The monoisotopic (exact) mass is 223 g/mol. The number of aromatic carboxylic acids is 1. The first kappa shape index (κ1) is 11.2. The van der Waals surface area contributed by atoms with Crippen molar-refractivity contribution >= 4 is 5.97 Å². The molecule has 1 aromatic rings. The third-order valence-corrected chi connectivity index (χ3v) is 3.35. The van der Waals surface area contributed by atoms with Gasteiger partial charge in [0.25, 0.3) is 0 Å². The Hall–Kier alpha value is -1.32. The molecule has 0 saturated heterocycles. The molecule has 0 spiro atoms. The minimum absolute atomic E-state index is 0.100. The van der Waals surface area contributed by atoms with Gasteiger partial charge in [-0.1, -0.05) is 31.3 Å². The van der Waals surface area contributed by atoms with Gasteiger partial charge in [0.15, 0.2) is 5.69 Å². The topological polar surface area (TPSA) is 63.3 Å². The lowest BCUT2D eigenvalue weighted by atomic mass is 9.85. The van der Waals surface area contributed by atoms with Gasteiger partial charge in [0.2, 0.25) is 0 Å². The van der Waals surface area contributed by atoms with Crippen LogP contribution in [-0.4, -0.2) is 16.2 Å². The van der Waals surface area contributed by atoms with Gasteiger partial charge in [-0.2, -0.15) is 0 Å². The minimum atomic E-state index is -0.984. The Kier molecular flexibility index (Phi) is 3.27. The van der Waals surface area contributed by atoms with Crippen molar-refractivity contribution in [3.05, 3.63) is 17.0 Å². The van der Waals surface area contributed by atoms with Crippen molar-refractivity contribution in [2.75, 3.05) is 0 Å².